The predicted molar refractivity (Wildman–Crippen MR) is 67.7 cm³/mol. The van der Waals surface area contributed by atoms with Gasteiger partial charge in [0.25, 0.3) is 0 Å². The molecule has 3 rings (SSSR count). The van der Waals surface area contributed by atoms with Gasteiger partial charge in [0.2, 0.25) is 0 Å². The maximum absolute atomic E-state index is 12.3. The third-order valence-electron chi connectivity index (χ3n) is 4.34. The first-order chi connectivity index (χ1) is 8.24. The quantitative estimate of drug-likeness (QED) is 0.738. The van der Waals surface area contributed by atoms with Crippen LogP contribution in [0.1, 0.15) is 37.3 Å². The molecule has 0 amide bonds. The zero-order valence-electron chi connectivity index (χ0n) is 10.4. The summed E-state index contributed by atoms with van der Waals surface area (Å²) < 4.78 is 0. The van der Waals surface area contributed by atoms with Gasteiger partial charge in [-0.25, -0.2) is 0 Å². The topological polar surface area (TPSA) is 20.3 Å². The minimum absolute atomic E-state index is 0.0490. The number of nitrogens with zero attached hydrogens (tertiary/aromatic N) is 1. The van der Waals surface area contributed by atoms with Crippen LogP contribution in [-0.2, 0) is 4.79 Å². The van der Waals surface area contributed by atoms with E-state index in [0.29, 0.717) is 11.8 Å². The van der Waals surface area contributed by atoms with Gasteiger partial charge >= 0.3 is 0 Å². The molecule has 1 unspecified atom stereocenters. The van der Waals surface area contributed by atoms with Gasteiger partial charge in [-0.2, -0.15) is 0 Å². The summed E-state index contributed by atoms with van der Waals surface area (Å²) in [6, 6.07) is 10.8. The molecule has 0 bridgehead atoms. The smallest absolute Gasteiger partial charge is 0.140 e. The first kappa shape index (κ1) is 11.0. The van der Waals surface area contributed by atoms with Crippen LogP contribution in [0.2, 0.25) is 0 Å². The molecule has 0 radical (unpaired) electrons. The Morgan fingerprint density at radius 1 is 1.24 bits per heavy atom. The van der Waals surface area contributed by atoms with E-state index in [9.17, 15) is 4.79 Å². The van der Waals surface area contributed by atoms with E-state index in [1.54, 1.807) is 0 Å². The molecule has 1 aliphatic carbocycles. The molecule has 1 aromatic rings. The highest BCUT2D eigenvalue weighted by molar-refractivity contribution is 5.88. The van der Waals surface area contributed by atoms with Gasteiger partial charge in [0.1, 0.15) is 5.78 Å². The molecule has 1 aromatic carbocycles. The molecular weight excluding hydrogens is 210 g/mol. The number of hydrogen-bond donors (Lipinski definition) is 0. The number of hydrogen-bond acceptors (Lipinski definition) is 2. The lowest BCUT2D eigenvalue weighted by atomic mass is 9.85. The average molecular weight is 229 g/mol. The first-order valence-electron chi connectivity index (χ1n) is 6.52. The number of benzene rings is 1. The summed E-state index contributed by atoms with van der Waals surface area (Å²) >= 11 is 0. The van der Waals surface area contributed by atoms with Crippen LogP contribution in [0.3, 0.4) is 0 Å². The number of carbonyl (C=O) groups excluding carboxylic acids is 1. The van der Waals surface area contributed by atoms with E-state index in [0.717, 1.165) is 32.2 Å². The van der Waals surface area contributed by atoms with Gasteiger partial charge in [0.05, 0.1) is 0 Å². The second-order valence-electron chi connectivity index (χ2n) is 5.48. The molecule has 2 nitrogen and oxygen atoms in total. The molecule has 90 valence electrons. The molecule has 1 spiro atoms. The second-order valence-corrected chi connectivity index (χ2v) is 5.48. The normalized spacial score (nSPS) is 28.1. The van der Waals surface area contributed by atoms with Crippen molar-refractivity contribution in [2.45, 2.75) is 31.7 Å². The van der Waals surface area contributed by atoms with E-state index in [1.807, 2.05) is 6.07 Å². The van der Waals surface area contributed by atoms with Gasteiger partial charge < -0.3 is 0 Å². The summed E-state index contributed by atoms with van der Waals surface area (Å²) in [5, 5.41) is 0. The Labute approximate surface area is 103 Å². The molecule has 1 saturated carbocycles. The minimum atomic E-state index is -0.0490. The zero-order chi connectivity index (χ0) is 11.9. The van der Waals surface area contributed by atoms with Crippen LogP contribution in [0.4, 0.5) is 0 Å². The number of carbonyl (C=O) groups is 1. The van der Waals surface area contributed by atoms with Gasteiger partial charge in [-0.1, -0.05) is 30.3 Å². The molecule has 1 heterocycles. The van der Waals surface area contributed by atoms with E-state index in [1.165, 1.54) is 5.56 Å². The lowest BCUT2D eigenvalue weighted by Gasteiger charge is -2.32. The summed E-state index contributed by atoms with van der Waals surface area (Å²) in [5.41, 5.74) is 1.26. The monoisotopic (exact) mass is 229 g/mol. The predicted octanol–water partition coefficient (Wildman–Crippen LogP) is 2.80. The molecular formula is C15H19NO. The maximum Gasteiger partial charge on any atom is 0.140 e. The minimum Gasteiger partial charge on any atom is -0.299 e. The lowest BCUT2D eigenvalue weighted by Crippen LogP contribution is -2.33. The Hall–Kier alpha value is -1.15. The highest BCUT2D eigenvalue weighted by atomic mass is 16.1. The van der Waals surface area contributed by atoms with Crippen LogP contribution in [0.25, 0.3) is 0 Å². The number of ketones is 1. The van der Waals surface area contributed by atoms with Crippen molar-refractivity contribution in [3.05, 3.63) is 35.9 Å². The zero-order valence-corrected chi connectivity index (χ0v) is 10.4. The van der Waals surface area contributed by atoms with E-state index >= 15 is 0 Å². The SMILES string of the molecule is CN1CCCC(=O)C2(CC2)C1c1ccccc1. The highest BCUT2D eigenvalue weighted by Gasteiger charge is 2.57. The molecule has 17 heavy (non-hydrogen) atoms. The Morgan fingerprint density at radius 3 is 2.59 bits per heavy atom. The third kappa shape index (κ3) is 1.71. The van der Waals surface area contributed by atoms with Crippen LogP contribution < -0.4 is 0 Å². The first-order valence-corrected chi connectivity index (χ1v) is 6.52. The van der Waals surface area contributed by atoms with Crippen molar-refractivity contribution in [3.8, 4) is 0 Å². The average Bonchev–Trinajstić information content (AvgIpc) is 3.12. The number of Topliss-reactive ketones (excluding diaryl/α,β-unsaturated/α-hetero) is 1. The summed E-state index contributed by atoms with van der Waals surface area (Å²) in [6.45, 7) is 1.03. The number of likely N-dealkylation sites (tertiary alicyclic amines) is 1. The standard InChI is InChI=1S/C15H19NO/c1-16-11-5-8-13(17)15(9-10-15)14(16)12-6-3-2-4-7-12/h2-4,6-7,14H,5,8-11H2,1H3. The van der Waals surface area contributed by atoms with Crippen molar-refractivity contribution in [3.63, 3.8) is 0 Å². The fourth-order valence-corrected chi connectivity index (χ4v) is 3.34. The molecule has 1 atom stereocenters. The van der Waals surface area contributed by atoms with Crippen molar-refractivity contribution >= 4 is 5.78 Å². The van der Waals surface area contributed by atoms with Crippen LogP contribution in [-0.4, -0.2) is 24.3 Å². The molecule has 2 aliphatic rings. The van der Waals surface area contributed by atoms with E-state index in [4.69, 9.17) is 0 Å². The van der Waals surface area contributed by atoms with Gasteiger partial charge in [0, 0.05) is 17.9 Å². The van der Waals surface area contributed by atoms with Crippen LogP contribution in [0.15, 0.2) is 30.3 Å². The molecule has 0 aromatic heterocycles. The van der Waals surface area contributed by atoms with Crippen molar-refractivity contribution in [1.82, 2.24) is 4.90 Å². The molecule has 1 aliphatic heterocycles. The summed E-state index contributed by atoms with van der Waals surface area (Å²) in [7, 11) is 2.16. The van der Waals surface area contributed by atoms with Gasteiger partial charge in [0.15, 0.2) is 0 Å². The maximum atomic E-state index is 12.3. The van der Waals surface area contributed by atoms with E-state index < -0.39 is 0 Å². The van der Waals surface area contributed by atoms with Crippen molar-refractivity contribution < 1.29 is 4.79 Å². The van der Waals surface area contributed by atoms with Crippen LogP contribution in [0, 0.1) is 5.41 Å². The Bertz CT molecular complexity index is 422. The summed E-state index contributed by atoms with van der Waals surface area (Å²) in [5.74, 6) is 0.496. The molecule has 2 heteroatoms. The summed E-state index contributed by atoms with van der Waals surface area (Å²) in [6.07, 6.45) is 3.94. The molecule has 1 saturated heterocycles. The fraction of sp³-hybridized carbons (Fsp3) is 0.533. The van der Waals surface area contributed by atoms with Crippen molar-refractivity contribution in [1.29, 1.82) is 0 Å². The van der Waals surface area contributed by atoms with Crippen molar-refractivity contribution in [2.24, 2.45) is 5.41 Å². The van der Waals surface area contributed by atoms with Gasteiger partial charge in [-0.05, 0) is 38.4 Å². The van der Waals surface area contributed by atoms with E-state index in [2.05, 4.69) is 36.2 Å². The van der Waals surface area contributed by atoms with Gasteiger partial charge in [-0.15, -0.1) is 0 Å². The van der Waals surface area contributed by atoms with Crippen LogP contribution in [0.5, 0.6) is 0 Å². The Balaban J connectivity index is 2.02. The Kier molecular flexibility index (Phi) is 2.55. The number of rotatable bonds is 1. The van der Waals surface area contributed by atoms with Crippen LogP contribution >= 0.6 is 0 Å². The van der Waals surface area contributed by atoms with Crippen molar-refractivity contribution in [2.75, 3.05) is 13.6 Å². The second kappa shape index (κ2) is 3.95. The summed E-state index contributed by atoms with van der Waals surface area (Å²) in [4.78, 5) is 14.7. The fourth-order valence-electron chi connectivity index (χ4n) is 3.34. The lowest BCUT2D eigenvalue weighted by molar-refractivity contribution is -0.125. The van der Waals surface area contributed by atoms with Gasteiger partial charge in [-0.3, -0.25) is 9.69 Å². The molecule has 0 N–H and O–H groups in total. The highest BCUT2D eigenvalue weighted by Crippen LogP contribution is 2.59. The van der Waals surface area contributed by atoms with E-state index in [-0.39, 0.29) is 5.41 Å². The third-order valence-corrected chi connectivity index (χ3v) is 4.34. The Morgan fingerprint density at radius 2 is 1.94 bits per heavy atom. The molecule has 2 fully saturated rings. The largest absolute Gasteiger partial charge is 0.299 e.